The van der Waals surface area contributed by atoms with Crippen molar-refractivity contribution in [3.63, 3.8) is 0 Å². The lowest BCUT2D eigenvalue weighted by Crippen LogP contribution is -2.32. The zero-order valence-electron chi connectivity index (χ0n) is 20.4. The number of aromatic nitrogens is 4. The molecular weight excluding hydrogens is 476 g/mol. The highest BCUT2D eigenvalue weighted by Crippen LogP contribution is 2.29. The molecule has 3 heterocycles. The maximum Gasteiger partial charge on any atom is 0.277 e. The maximum atomic E-state index is 13.7. The summed E-state index contributed by atoms with van der Waals surface area (Å²) in [5.41, 5.74) is 2.61. The minimum absolute atomic E-state index is 0.103. The van der Waals surface area contributed by atoms with Crippen LogP contribution in [-0.4, -0.2) is 33.0 Å². The average molecular weight is 505 g/mol. The van der Waals surface area contributed by atoms with Gasteiger partial charge in [0.15, 0.2) is 4.90 Å². The van der Waals surface area contributed by atoms with Gasteiger partial charge in [-0.25, -0.2) is 8.42 Å². The number of rotatable bonds is 8. The number of nitrogens with zero attached hydrogens (tertiary/aromatic N) is 4. The highest BCUT2D eigenvalue weighted by molar-refractivity contribution is 7.91. The van der Waals surface area contributed by atoms with Gasteiger partial charge in [0.05, 0.1) is 10.9 Å². The van der Waals surface area contributed by atoms with E-state index >= 15 is 0 Å². The Hall–Kier alpha value is -3.85. The molecule has 3 aromatic heterocycles. The van der Waals surface area contributed by atoms with E-state index in [1.807, 2.05) is 26.0 Å². The Kier molecular flexibility index (Phi) is 7.30. The zero-order valence-corrected chi connectivity index (χ0v) is 21.2. The molecule has 9 heteroatoms. The second-order valence-electron chi connectivity index (χ2n) is 8.64. The second kappa shape index (κ2) is 10.4. The van der Waals surface area contributed by atoms with Crippen molar-refractivity contribution >= 4 is 9.84 Å². The number of unbranched alkanes of at least 4 members (excludes halogenated alkanes) is 1. The minimum Gasteiger partial charge on any atom is -0.492 e. The number of sulfone groups is 1. The zero-order chi connectivity index (χ0) is 25.9. The largest absolute Gasteiger partial charge is 0.492 e. The Morgan fingerprint density at radius 3 is 2.39 bits per heavy atom. The van der Waals surface area contributed by atoms with Crippen LogP contribution in [0.15, 0.2) is 81.8 Å². The first kappa shape index (κ1) is 25.2. The van der Waals surface area contributed by atoms with Gasteiger partial charge in [0.2, 0.25) is 15.7 Å². The van der Waals surface area contributed by atoms with Gasteiger partial charge in [-0.05, 0) is 66.8 Å². The molecule has 0 aliphatic heterocycles. The molecule has 0 radical (unpaired) electrons. The highest BCUT2D eigenvalue weighted by atomic mass is 32.2. The van der Waals surface area contributed by atoms with Crippen LogP contribution < -0.4 is 5.56 Å². The Morgan fingerprint density at radius 2 is 1.75 bits per heavy atom. The lowest BCUT2D eigenvalue weighted by atomic mass is 10.0. The van der Waals surface area contributed by atoms with E-state index in [0.717, 1.165) is 35.1 Å². The van der Waals surface area contributed by atoms with E-state index in [2.05, 4.69) is 15.0 Å². The number of benzene rings is 1. The Morgan fingerprint density at radius 1 is 1.03 bits per heavy atom. The van der Waals surface area contributed by atoms with E-state index in [9.17, 15) is 18.3 Å². The molecule has 1 aromatic carbocycles. The molecule has 8 nitrogen and oxygen atoms in total. The molecule has 0 spiro atoms. The number of aromatic hydroxyl groups is 1. The fourth-order valence-corrected chi connectivity index (χ4v) is 5.54. The minimum atomic E-state index is -4.36. The quantitative estimate of drug-likeness (QED) is 0.376. The fourth-order valence-electron chi connectivity index (χ4n) is 4.20. The summed E-state index contributed by atoms with van der Waals surface area (Å²) in [5, 5.41) is 10.7. The number of hydrogen-bond acceptors (Lipinski definition) is 7. The van der Waals surface area contributed by atoms with E-state index in [-0.39, 0.29) is 4.90 Å². The molecule has 0 saturated carbocycles. The van der Waals surface area contributed by atoms with Crippen molar-refractivity contribution in [1.82, 2.24) is 19.5 Å². The first-order valence-electron chi connectivity index (χ1n) is 11.8. The predicted molar refractivity (Wildman–Crippen MR) is 137 cm³/mol. The lowest BCUT2D eigenvalue weighted by molar-refractivity contribution is 0.412. The van der Waals surface area contributed by atoms with Crippen LogP contribution in [0.2, 0.25) is 0 Å². The van der Waals surface area contributed by atoms with Crippen molar-refractivity contribution in [1.29, 1.82) is 0 Å². The van der Waals surface area contributed by atoms with Gasteiger partial charge in [0.1, 0.15) is 5.82 Å². The second-order valence-corrected chi connectivity index (χ2v) is 10.5. The molecule has 0 aliphatic rings. The number of aryl methyl sites for hydroxylation is 2. The van der Waals surface area contributed by atoms with Gasteiger partial charge in [-0.1, -0.05) is 31.5 Å². The van der Waals surface area contributed by atoms with Gasteiger partial charge >= 0.3 is 0 Å². The standard InChI is InChI=1S/C27H28N4O4S/c1-4-5-8-24-30-26(32)25(27(33)31(24)19(3)21-7-6-14-28-17-21)36(34,35)22-11-9-20(10-12-22)23-13-15-29-16-18(23)2/h6-7,9-17,19,32H,4-5,8H2,1-3H3. The molecular formula is C27H28N4O4S. The van der Waals surface area contributed by atoms with Crippen LogP contribution >= 0.6 is 0 Å². The molecule has 186 valence electrons. The van der Waals surface area contributed by atoms with E-state index in [0.29, 0.717) is 12.2 Å². The van der Waals surface area contributed by atoms with Crippen LogP contribution in [0.5, 0.6) is 5.88 Å². The molecule has 0 saturated heterocycles. The van der Waals surface area contributed by atoms with Crippen molar-refractivity contribution < 1.29 is 13.5 Å². The van der Waals surface area contributed by atoms with Gasteiger partial charge in [0.25, 0.3) is 5.56 Å². The third-order valence-corrected chi connectivity index (χ3v) is 7.99. The molecule has 0 bridgehead atoms. The molecule has 4 aromatic rings. The molecule has 0 aliphatic carbocycles. The average Bonchev–Trinajstić information content (AvgIpc) is 2.87. The summed E-state index contributed by atoms with van der Waals surface area (Å²) in [7, 11) is -4.36. The predicted octanol–water partition coefficient (Wildman–Crippen LogP) is 4.50. The van der Waals surface area contributed by atoms with Gasteiger partial charge in [-0.15, -0.1) is 0 Å². The van der Waals surface area contributed by atoms with Crippen LogP contribution in [-0.2, 0) is 16.3 Å². The Bertz CT molecular complexity index is 1530. The Labute approximate surface area is 210 Å². The summed E-state index contributed by atoms with van der Waals surface area (Å²) in [6, 6.07) is 11.1. The summed E-state index contributed by atoms with van der Waals surface area (Å²) >= 11 is 0. The van der Waals surface area contributed by atoms with Crippen molar-refractivity contribution in [2.45, 2.75) is 55.9 Å². The van der Waals surface area contributed by atoms with Crippen LogP contribution in [0.1, 0.15) is 49.7 Å². The fraction of sp³-hybridized carbons (Fsp3) is 0.259. The topological polar surface area (TPSA) is 115 Å². The number of pyridine rings is 2. The molecule has 36 heavy (non-hydrogen) atoms. The van der Waals surface area contributed by atoms with E-state index in [1.54, 1.807) is 49.9 Å². The molecule has 4 rings (SSSR count). The normalized spacial score (nSPS) is 12.4. The van der Waals surface area contributed by atoms with Crippen LogP contribution in [0.25, 0.3) is 11.1 Å². The van der Waals surface area contributed by atoms with E-state index < -0.39 is 32.2 Å². The van der Waals surface area contributed by atoms with Gasteiger partial charge in [-0.2, -0.15) is 4.98 Å². The molecule has 0 fully saturated rings. The smallest absolute Gasteiger partial charge is 0.277 e. The maximum absolute atomic E-state index is 13.7. The molecule has 1 atom stereocenters. The highest BCUT2D eigenvalue weighted by Gasteiger charge is 2.31. The van der Waals surface area contributed by atoms with Crippen LogP contribution in [0.3, 0.4) is 0 Å². The van der Waals surface area contributed by atoms with Crippen LogP contribution in [0, 0.1) is 6.92 Å². The Balaban J connectivity index is 1.84. The molecule has 1 N–H and O–H groups in total. The number of hydrogen-bond donors (Lipinski definition) is 1. The summed E-state index contributed by atoms with van der Waals surface area (Å²) in [6.45, 7) is 5.71. The summed E-state index contributed by atoms with van der Waals surface area (Å²) in [5.74, 6) is -0.451. The summed E-state index contributed by atoms with van der Waals surface area (Å²) in [4.78, 5) is 25.3. The van der Waals surface area contributed by atoms with Gasteiger partial charge in [-0.3, -0.25) is 19.3 Å². The van der Waals surface area contributed by atoms with E-state index in [4.69, 9.17) is 0 Å². The third-order valence-electron chi connectivity index (χ3n) is 6.20. The first-order valence-corrected chi connectivity index (χ1v) is 13.2. The summed E-state index contributed by atoms with van der Waals surface area (Å²) in [6.07, 6.45) is 8.65. The van der Waals surface area contributed by atoms with Crippen molar-refractivity contribution in [2.24, 2.45) is 0 Å². The van der Waals surface area contributed by atoms with Gasteiger partial charge < -0.3 is 5.11 Å². The van der Waals surface area contributed by atoms with Crippen molar-refractivity contribution in [3.05, 3.63) is 94.6 Å². The van der Waals surface area contributed by atoms with E-state index in [1.165, 1.54) is 16.7 Å². The molecule has 1 unspecified atom stereocenters. The summed E-state index contributed by atoms with van der Waals surface area (Å²) < 4.78 is 28.5. The monoisotopic (exact) mass is 504 g/mol. The van der Waals surface area contributed by atoms with Crippen molar-refractivity contribution in [2.75, 3.05) is 0 Å². The van der Waals surface area contributed by atoms with Crippen molar-refractivity contribution in [3.8, 4) is 17.0 Å². The third kappa shape index (κ3) is 4.79. The SMILES string of the molecule is CCCCc1nc(O)c(S(=O)(=O)c2ccc(-c3ccncc3C)cc2)c(=O)n1C(C)c1cccnc1. The van der Waals surface area contributed by atoms with Crippen LogP contribution in [0.4, 0.5) is 0 Å². The molecule has 0 amide bonds. The van der Waals surface area contributed by atoms with Gasteiger partial charge in [0, 0.05) is 31.2 Å². The first-order chi connectivity index (χ1) is 17.3. The lowest BCUT2D eigenvalue weighted by Gasteiger charge is -2.21.